The van der Waals surface area contributed by atoms with Crippen LogP contribution in [-0.4, -0.2) is 28.9 Å². The highest BCUT2D eigenvalue weighted by atomic mass is 19.2. The number of aryl methyl sites for hydroxylation is 1. The van der Waals surface area contributed by atoms with Gasteiger partial charge in [0.1, 0.15) is 12.2 Å². The van der Waals surface area contributed by atoms with E-state index in [9.17, 15) is 18.4 Å². The van der Waals surface area contributed by atoms with Gasteiger partial charge in [-0.05, 0) is 24.6 Å². The Hall–Kier alpha value is -2.70. The molecule has 0 aliphatic carbocycles. The van der Waals surface area contributed by atoms with Crippen molar-refractivity contribution >= 4 is 11.9 Å². The number of furan rings is 1. The van der Waals surface area contributed by atoms with E-state index in [1.807, 2.05) is 0 Å². The Morgan fingerprint density at radius 2 is 1.96 bits per heavy atom. The summed E-state index contributed by atoms with van der Waals surface area (Å²) >= 11 is 0. The van der Waals surface area contributed by atoms with E-state index < -0.39 is 29.9 Å². The number of halogens is 2. The van der Waals surface area contributed by atoms with Gasteiger partial charge in [0, 0.05) is 19.2 Å². The fraction of sp³-hybridized carbons (Fsp3) is 0.250. The van der Waals surface area contributed by atoms with Gasteiger partial charge < -0.3 is 14.4 Å². The molecule has 0 aliphatic heterocycles. The van der Waals surface area contributed by atoms with E-state index in [-0.39, 0.29) is 17.9 Å². The van der Waals surface area contributed by atoms with Crippen molar-refractivity contribution in [1.82, 2.24) is 4.90 Å². The quantitative estimate of drug-likeness (QED) is 0.918. The number of hydrogen-bond acceptors (Lipinski definition) is 3. The smallest absolute Gasteiger partial charge is 0.311 e. The molecule has 1 aromatic carbocycles. The van der Waals surface area contributed by atoms with Crippen molar-refractivity contribution < 1.29 is 27.9 Å². The number of rotatable bonds is 5. The van der Waals surface area contributed by atoms with E-state index >= 15 is 0 Å². The molecule has 2 rings (SSSR count). The lowest BCUT2D eigenvalue weighted by Gasteiger charge is -2.18. The summed E-state index contributed by atoms with van der Waals surface area (Å²) in [6, 6.07) is 3.38. The summed E-state index contributed by atoms with van der Waals surface area (Å²) in [5.74, 6) is -3.45. The second-order valence-corrected chi connectivity index (χ2v) is 5.20. The molecule has 0 atom stereocenters. The highest BCUT2D eigenvalue weighted by molar-refractivity contribution is 5.97. The van der Waals surface area contributed by atoms with Gasteiger partial charge in [0.2, 0.25) is 0 Å². The van der Waals surface area contributed by atoms with Crippen molar-refractivity contribution in [3.63, 3.8) is 0 Å². The number of carbonyl (C=O) groups is 2. The van der Waals surface area contributed by atoms with Crippen LogP contribution in [0, 0.1) is 18.6 Å². The molecular formula is C16H15F2NO4. The van der Waals surface area contributed by atoms with Gasteiger partial charge in [-0.15, -0.1) is 0 Å². The monoisotopic (exact) mass is 323 g/mol. The Bertz CT molecular complexity index is 755. The van der Waals surface area contributed by atoms with Crippen LogP contribution in [0.2, 0.25) is 0 Å². The van der Waals surface area contributed by atoms with Gasteiger partial charge in [-0.2, -0.15) is 0 Å². The predicted octanol–water partition coefficient (Wildman–Crippen LogP) is 2.77. The highest BCUT2D eigenvalue weighted by Crippen LogP contribution is 2.20. The van der Waals surface area contributed by atoms with Crippen molar-refractivity contribution in [2.45, 2.75) is 19.9 Å². The summed E-state index contributed by atoms with van der Waals surface area (Å²) in [5.41, 5.74) is 1.11. The molecule has 1 aromatic heterocycles. The Balaban J connectivity index is 2.21. The molecule has 0 aliphatic rings. The molecule has 0 spiro atoms. The Morgan fingerprint density at radius 1 is 1.26 bits per heavy atom. The highest BCUT2D eigenvalue weighted by Gasteiger charge is 2.23. The summed E-state index contributed by atoms with van der Waals surface area (Å²) < 4.78 is 31.3. The van der Waals surface area contributed by atoms with Crippen LogP contribution in [0.3, 0.4) is 0 Å². The van der Waals surface area contributed by atoms with Crippen LogP contribution in [0.4, 0.5) is 8.78 Å². The first-order chi connectivity index (χ1) is 10.8. The number of amides is 1. The molecule has 7 heteroatoms. The van der Waals surface area contributed by atoms with Crippen LogP contribution in [-0.2, 0) is 17.8 Å². The van der Waals surface area contributed by atoms with Crippen LogP contribution in [0.15, 0.2) is 28.9 Å². The molecule has 0 bridgehead atoms. The molecule has 23 heavy (non-hydrogen) atoms. The van der Waals surface area contributed by atoms with Crippen molar-refractivity contribution in [1.29, 1.82) is 0 Å². The number of nitrogens with zero attached hydrogens (tertiary/aromatic N) is 1. The van der Waals surface area contributed by atoms with Gasteiger partial charge in [-0.25, -0.2) is 8.78 Å². The largest absolute Gasteiger partial charge is 0.481 e. The Kier molecular flexibility index (Phi) is 4.78. The summed E-state index contributed by atoms with van der Waals surface area (Å²) in [6.45, 7) is 1.68. The average Bonchev–Trinajstić information content (AvgIpc) is 2.82. The minimum absolute atomic E-state index is 0.0488. The summed E-state index contributed by atoms with van der Waals surface area (Å²) in [5, 5.41) is 8.85. The second kappa shape index (κ2) is 6.60. The first-order valence-corrected chi connectivity index (χ1v) is 6.77. The molecule has 0 fully saturated rings. The van der Waals surface area contributed by atoms with Crippen LogP contribution in [0.5, 0.6) is 0 Å². The summed E-state index contributed by atoms with van der Waals surface area (Å²) in [4.78, 5) is 24.6. The molecule has 0 radical (unpaired) electrons. The van der Waals surface area contributed by atoms with Gasteiger partial charge in [0.15, 0.2) is 11.6 Å². The molecule has 2 aromatic rings. The van der Waals surface area contributed by atoms with E-state index in [0.717, 1.165) is 12.1 Å². The first kappa shape index (κ1) is 16.7. The first-order valence-electron chi connectivity index (χ1n) is 6.77. The third-order valence-electron chi connectivity index (χ3n) is 3.33. The minimum Gasteiger partial charge on any atom is -0.481 e. The number of aliphatic carboxylic acids is 1. The maximum Gasteiger partial charge on any atom is 0.311 e. The van der Waals surface area contributed by atoms with Crippen molar-refractivity contribution in [3.8, 4) is 0 Å². The number of carboxylic acids is 1. The molecule has 122 valence electrons. The third-order valence-corrected chi connectivity index (χ3v) is 3.33. The molecular weight excluding hydrogens is 308 g/mol. The van der Waals surface area contributed by atoms with E-state index in [1.165, 1.54) is 24.3 Å². The minimum atomic E-state index is -1.11. The molecule has 1 N–H and O–H groups in total. The normalized spacial score (nSPS) is 10.6. The van der Waals surface area contributed by atoms with Crippen LogP contribution in [0.25, 0.3) is 0 Å². The van der Waals surface area contributed by atoms with Gasteiger partial charge in [-0.3, -0.25) is 9.59 Å². The van der Waals surface area contributed by atoms with E-state index in [0.29, 0.717) is 11.1 Å². The lowest BCUT2D eigenvalue weighted by atomic mass is 10.1. The maximum atomic E-state index is 13.2. The number of hydrogen-bond donors (Lipinski definition) is 1. The summed E-state index contributed by atoms with van der Waals surface area (Å²) in [7, 11) is 1.49. The zero-order valence-corrected chi connectivity index (χ0v) is 12.6. The molecule has 1 amide bonds. The topological polar surface area (TPSA) is 70.7 Å². The standard InChI is InChI=1S/C16H15F2NO4/c1-9-8-23-13(6-14(20)21)15(9)16(22)19(2)7-10-3-4-11(17)12(18)5-10/h3-5,8H,6-7H2,1-2H3,(H,20,21). The molecule has 0 saturated carbocycles. The zero-order valence-electron chi connectivity index (χ0n) is 12.6. The summed E-state index contributed by atoms with van der Waals surface area (Å²) in [6.07, 6.45) is 0.908. The second-order valence-electron chi connectivity index (χ2n) is 5.20. The number of carbonyl (C=O) groups excluding carboxylic acids is 1. The van der Waals surface area contributed by atoms with E-state index in [2.05, 4.69) is 0 Å². The van der Waals surface area contributed by atoms with E-state index in [1.54, 1.807) is 6.92 Å². The average molecular weight is 323 g/mol. The SMILES string of the molecule is Cc1coc(CC(=O)O)c1C(=O)N(C)Cc1ccc(F)c(F)c1. The van der Waals surface area contributed by atoms with Gasteiger partial charge in [0.05, 0.1) is 11.8 Å². The Morgan fingerprint density at radius 3 is 2.57 bits per heavy atom. The zero-order chi connectivity index (χ0) is 17.1. The maximum absolute atomic E-state index is 13.2. The van der Waals surface area contributed by atoms with Crippen LogP contribution < -0.4 is 0 Å². The third kappa shape index (κ3) is 3.74. The molecule has 0 saturated heterocycles. The van der Waals surface area contributed by atoms with Gasteiger partial charge in [0.25, 0.3) is 5.91 Å². The fourth-order valence-electron chi connectivity index (χ4n) is 2.23. The van der Waals surface area contributed by atoms with Crippen LogP contribution in [0.1, 0.15) is 27.2 Å². The van der Waals surface area contributed by atoms with Crippen molar-refractivity contribution in [2.75, 3.05) is 7.05 Å². The molecule has 1 heterocycles. The van der Waals surface area contributed by atoms with Crippen LogP contribution >= 0.6 is 0 Å². The lowest BCUT2D eigenvalue weighted by molar-refractivity contribution is -0.136. The van der Waals surface area contributed by atoms with Gasteiger partial charge in [-0.1, -0.05) is 6.07 Å². The van der Waals surface area contributed by atoms with Crippen molar-refractivity contribution in [3.05, 3.63) is 58.5 Å². The van der Waals surface area contributed by atoms with E-state index in [4.69, 9.17) is 9.52 Å². The number of benzene rings is 1. The molecule has 5 nitrogen and oxygen atoms in total. The van der Waals surface area contributed by atoms with Crippen molar-refractivity contribution in [2.24, 2.45) is 0 Å². The lowest BCUT2D eigenvalue weighted by Crippen LogP contribution is -2.27. The Labute approximate surface area is 131 Å². The predicted molar refractivity (Wildman–Crippen MR) is 76.9 cm³/mol. The number of carboxylic acid groups (broad SMARTS) is 1. The van der Waals surface area contributed by atoms with Gasteiger partial charge >= 0.3 is 5.97 Å². The fourth-order valence-corrected chi connectivity index (χ4v) is 2.23. The molecule has 0 unspecified atom stereocenters.